The predicted octanol–water partition coefficient (Wildman–Crippen LogP) is 3.04. The number of carbonyl (C=O) groups is 2. The molecule has 3 heterocycles. The standard InChI is InChI=1S/C18H27N3O3.C2HF3O2/c1-20(2)17(22)21-10-7-18(8-11-21)15(6-13-24-18)5-12-23-16-4-3-9-19-14-16;3-2(4,5)1(6)7/h3-4,9,14-15H,5-8,10-13H2,1-2H3;(H,6,7). The van der Waals surface area contributed by atoms with Gasteiger partial charge in [-0.1, -0.05) is 0 Å². The largest absolute Gasteiger partial charge is 0.492 e. The van der Waals surface area contributed by atoms with Crippen LogP contribution in [0.3, 0.4) is 0 Å². The van der Waals surface area contributed by atoms with Crippen molar-refractivity contribution in [3.63, 3.8) is 0 Å². The number of aliphatic carboxylic acids is 1. The summed E-state index contributed by atoms with van der Waals surface area (Å²) in [6.07, 6.45) is 2.31. The Balaban J connectivity index is 0.000000423. The zero-order valence-electron chi connectivity index (χ0n) is 17.6. The number of urea groups is 1. The summed E-state index contributed by atoms with van der Waals surface area (Å²) < 4.78 is 43.7. The van der Waals surface area contributed by atoms with Crippen molar-refractivity contribution in [2.75, 3.05) is 40.4 Å². The Hall–Kier alpha value is -2.56. The third-order valence-corrected chi connectivity index (χ3v) is 5.47. The van der Waals surface area contributed by atoms with Crippen LogP contribution >= 0.6 is 0 Å². The second-order valence-electron chi connectivity index (χ2n) is 7.69. The van der Waals surface area contributed by atoms with E-state index in [9.17, 15) is 18.0 Å². The summed E-state index contributed by atoms with van der Waals surface area (Å²) in [6.45, 7) is 3.05. The number of alkyl halides is 3. The lowest BCUT2D eigenvalue weighted by Gasteiger charge is -2.42. The van der Waals surface area contributed by atoms with Crippen molar-refractivity contribution in [1.82, 2.24) is 14.8 Å². The molecule has 1 atom stereocenters. The number of carbonyl (C=O) groups excluding carboxylic acids is 1. The zero-order chi connectivity index (χ0) is 23.1. The van der Waals surface area contributed by atoms with E-state index in [0.29, 0.717) is 12.5 Å². The van der Waals surface area contributed by atoms with Gasteiger partial charge in [-0.15, -0.1) is 0 Å². The highest BCUT2D eigenvalue weighted by molar-refractivity contribution is 5.74. The number of piperidine rings is 1. The van der Waals surface area contributed by atoms with Gasteiger partial charge in [-0.2, -0.15) is 13.2 Å². The molecule has 0 bridgehead atoms. The van der Waals surface area contributed by atoms with Crippen LogP contribution in [0.15, 0.2) is 24.5 Å². The van der Waals surface area contributed by atoms with Gasteiger partial charge in [0.2, 0.25) is 0 Å². The minimum atomic E-state index is -5.08. The summed E-state index contributed by atoms with van der Waals surface area (Å²) in [5.41, 5.74) is -0.0681. The van der Waals surface area contributed by atoms with Gasteiger partial charge in [-0.3, -0.25) is 4.98 Å². The number of hydrogen-bond acceptors (Lipinski definition) is 5. The normalized spacial score (nSPS) is 20.0. The molecule has 2 aliphatic rings. The molecule has 11 heteroatoms. The second-order valence-corrected chi connectivity index (χ2v) is 7.69. The fraction of sp³-hybridized carbons (Fsp3) is 0.650. The van der Waals surface area contributed by atoms with Crippen molar-refractivity contribution < 1.29 is 37.3 Å². The maximum absolute atomic E-state index is 12.1. The Kier molecular flexibility index (Phi) is 8.49. The average molecular weight is 447 g/mol. The van der Waals surface area contributed by atoms with Crippen LogP contribution in [0.5, 0.6) is 5.75 Å². The van der Waals surface area contributed by atoms with Gasteiger partial charge in [0.15, 0.2) is 0 Å². The predicted molar refractivity (Wildman–Crippen MR) is 105 cm³/mol. The molecule has 1 aromatic heterocycles. The van der Waals surface area contributed by atoms with Crippen LogP contribution < -0.4 is 4.74 Å². The molecular formula is C20H28F3N3O5. The number of ether oxygens (including phenoxy) is 2. The smallest absolute Gasteiger partial charge is 0.490 e. The lowest BCUT2D eigenvalue weighted by Crippen LogP contribution is -2.51. The molecule has 1 N–H and O–H groups in total. The number of pyridine rings is 1. The lowest BCUT2D eigenvalue weighted by molar-refractivity contribution is -0.192. The van der Waals surface area contributed by atoms with Crippen molar-refractivity contribution >= 4 is 12.0 Å². The van der Waals surface area contributed by atoms with Gasteiger partial charge < -0.3 is 24.4 Å². The summed E-state index contributed by atoms with van der Waals surface area (Å²) in [4.78, 5) is 28.6. The highest BCUT2D eigenvalue weighted by atomic mass is 19.4. The maximum atomic E-state index is 12.1. The molecule has 1 unspecified atom stereocenters. The summed E-state index contributed by atoms with van der Waals surface area (Å²) in [5.74, 6) is -1.44. The number of nitrogens with zero attached hydrogens (tertiary/aromatic N) is 3. The lowest BCUT2D eigenvalue weighted by atomic mass is 9.78. The van der Waals surface area contributed by atoms with E-state index in [1.165, 1.54) is 0 Å². The monoisotopic (exact) mass is 447 g/mol. The number of halogens is 3. The molecule has 1 aromatic rings. The third kappa shape index (κ3) is 6.98. The number of hydrogen-bond donors (Lipinski definition) is 1. The van der Waals surface area contributed by atoms with Crippen molar-refractivity contribution in [3.8, 4) is 5.75 Å². The van der Waals surface area contributed by atoms with Gasteiger partial charge >= 0.3 is 18.2 Å². The Morgan fingerprint density at radius 1 is 1.35 bits per heavy atom. The summed E-state index contributed by atoms with van der Waals surface area (Å²) in [5, 5.41) is 7.12. The first-order valence-electron chi connectivity index (χ1n) is 9.98. The highest BCUT2D eigenvalue weighted by Gasteiger charge is 2.46. The fourth-order valence-electron chi connectivity index (χ4n) is 3.86. The van der Waals surface area contributed by atoms with Crippen molar-refractivity contribution in [2.24, 2.45) is 5.92 Å². The first kappa shape index (κ1) is 24.7. The maximum Gasteiger partial charge on any atom is 0.490 e. The highest BCUT2D eigenvalue weighted by Crippen LogP contribution is 2.42. The number of carboxylic acids is 1. The molecule has 0 aliphatic carbocycles. The van der Waals surface area contributed by atoms with E-state index < -0.39 is 12.1 Å². The molecule has 31 heavy (non-hydrogen) atoms. The van der Waals surface area contributed by atoms with E-state index in [4.69, 9.17) is 19.4 Å². The van der Waals surface area contributed by atoms with Crippen LogP contribution in [-0.4, -0.2) is 84.1 Å². The molecular weight excluding hydrogens is 419 g/mol. The number of carboxylic acid groups (broad SMARTS) is 1. The quantitative estimate of drug-likeness (QED) is 0.763. The molecule has 0 radical (unpaired) electrons. The van der Waals surface area contributed by atoms with Crippen molar-refractivity contribution in [3.05, 3.63) is 24.5 Å². The number of aromatic nitrogens is 1. The Morgan fingerprint density at radius 3 is 2.52 bits per heavy atom. The first-order chi connectivity index (χ1) is 14.5. The van der Waals surface area contributed by atoms with Crippen LogP contribution in [0, 0.1) is 5.92 Å². The van der Waals surface area contributed by atoms with Crippen molar-refractivity contribution in [1.29, 1.82) is 0 Å². The van der Waals surface area contributed by atoms with Crippen LogP contribution in [0.1, 0.15) is 25.7 Å². The zero-order valence-corrected chi connectivity index (χ0v) is 17.6. The molecule has 0 aromatic carbocycles. The Labute approximate surface area is 178 Å². The van der Waals surface area contributed by atoms with Crippen LogP contribution in [0.2, 0.25) is 0 Å². The van der Waals surface area contributed by atoms with E-state index in [0.717, 1.165) is 51.1 Å². The molecule has 174 valence electrons. The Bertz CT molecular complexity index is 723. The topological polar surface area (TPSA) is 92.2 Å². The average Bonchev–Trinajstić information content (AvgIpc) is 3.10. The molecule has 2 saturated heterocycles. The van der Waals surface area contributed by atoms with Crippen molar-refractivity contribution in [2.45, 2.75) is 37.5 Å². The van der Waals surface area contributed by atoms with Crippen LogP contribution in [0.25, 0.3) is 0 Å². The summed E-state index contributed by atoms with van der Waals surface area (Å²) >= 11 is 0. The van der Waals surface area contributed by atoms with Gasteiger partial charge in [0.25, 0.3) is 0 Å². The minimum absolute atomic E-state index is 0.0681. The van der Waals surface area contributed by atoms with E-state index in [1.54, 1.807) is 31.4 Å². The molecule has 3 rings (SSSR count). The molecule has 1 spiro atoms. The van der Waals surface area contributed by atoms with Crippen LogP contribution in [0.4, 0.5) is 18.0 Å². The molecule has 0 saturated carbocycles. The van der Waals surface area contributed by atoms with E-state index in [-0.39, 0.29) is 11.6 Å². The van der Waals surface area contributed by atoms with E-state index in [2.05, 4.69) is 4.98 Å². The molecule has 2 fully saturated rings. The second kappa shape index (κ2) is 10.7. The number of likely N-dealkylation sites (tertiary alicyclic amines) is 1. The minimum Gasteiger partial charge on any atom is -0.492 e. The van der Waals surface area contributed by atoms with Crippen LogP contribution in [-0.2, 0) is 9.53 Å². The Morgan fingerprint density at radius 2 is 2.00 bits per heavy atom. The fourth-order valence-corrected chi connectivity index (χ4v) is 3.86. The van der Waals surface area contributed by atoms with E-state index >= 15 is 0 Å². The SMILES string of the molecule is CN(C)C(=O)N1CCC2(CC1)OCCC2CCOc1cccnc1.O=C(O)C(F)(F)F. The summed E-state index contributed by atoms with van der Waals surface area (Å²) in [7, 11) is 3.61. The third-order valence-electron chi connectivity index (χ3n) is 5.47. The summed E-state index contributed by atoms with van der Waals surface area (Å²) in [6, 6.07) is 3.91. The number of rotatable bonds is 4. The molecule has 2 amide bonds. The van der Waals surface area contributed by atoms with Gasteiger partial charge in [-0.25, -0.2) is 9.59 Å². The van der Waals surface area contributed by atoms with E-state index in [1.807, 2.05) is 17.0 Å². The van der Waals surface area contributed by atoms with Gasteiger partial charge in [-0.05, 0) is 43.7 Å². The molecule has 2 aliphatic heterocycles. The molecule has 8 nitrogen and oxygen atoms in total. The van der Waals surface area contributed by atoms with Gasteiger partial charge in [0, 0.05) is 40.0 Å². The number of amides is 2. The first-order valence-corrected chi connectivity index (χ1v) is 9.98. The van der Waals surface area contributed by atoms with Gasteiger partial charge in [0.05, 0.1) is 18.4 Å². The van der Waals surface area contributed by atoms with Gasteiger partial charge in [0.1, 0.15) is 5.75 Å².